The Balaban J connectivity index is 2.55. The van der Waals surface area contributed by atoms with Gasteiger partial charge in [0, 0.05) is 0 Å². The van der Waals surface area contributed by atoms with Crippen molar-refractivity contribution in [1.82, 2.24) is 5.32 Å². The smallest absolute Gasteiger partial charge is 0.408 e. The summed E-state index contributed by atoms with van der Waals surface area (Å²) < 4.78 is 15.4. The number of rotatable bonds is 8. The summed E-state index contributed by atoms with van der Waals surface area (Å²) >= 11 is 0. The highest BCUT2D eigenvalue weighted by Gasteiger charge is 2.27. The number of ether oxygens (including phenoxy) is 3. The van der Waals surface area contributed by atoms with E-state index in [4.69, 9.17) is 19.3 Å². The third-order valence-electron chi connectivity index (χ3n) is 2.72. The average molecular weight is 339 g/mol. The highest BCUT2D eigenvalue weighted by Crippen LogP contribution is 2.09. The molecule has 1 atom stereocenters. The van der Waals surface area contributed by atoms with Gasteiger partial charge in [0.2, 0.25) is 0 Å². The van der Waals surface area contributed by atoms with Crippen LogP contribution in [-0.2, 0) is 25.6 Å². The Bertz CT molecular complexity index is 512. The summed E-state index contributed by atoms with van der Waals surface area (Å²) in [5.41, 5.74) is 0.139. The molecule has 0 aromatic heterocycles. The number of hydrogen-bond donors (Lipinski definition) is 2. The fraction of sp³-hybridized carbons (Fsp3) is 0.529. The van der Waals surface area contributed by atoms with Crippen LogP contribution in [0.3, 0.4) is 0 Å². The van der Waals surface area contributed by atoms with Gasteiger partial charge in [-0.1, -0.05) is 30.3 Å². The van der Waals surface area contributed by atoms with Crippen LogP contribution in [0.1, 0.15) is 26.3 Å². The van der Waals surface area contributed by atoms with Gasteiger partial charge in [0.1, 0.15) is 12.2 Å². The van der Waals surface area contributed by atoms with E-state index >= 15 is 0 Å². The molecule has 0 fully saturated rings. The Labute approximate surface area is 141 Å². The van der Waals surface area contributed by atoms with Gasteiger partial charge in [0.15, 0.2) is 6.04 Å². The van der Waals surface area contributed by atoms with Crippen molar-refractivity contribution in [3.63, 3.8) is 0 Å². The monoisotopic (exact) mass is 339 g/mol. The van der Waals surface area contributed by atoms with Gasteiger partial charge in [-0.2, -0.15) is 0 Å². The van der Waals surface area contributed by atoms with Crippen molar-refractivity contribution in [3.8, 4) is 0 Å². The van der Waals surface area contributed by atoms with E-state index in [-0.39, 0.29) is 26.4 Å². The molecule has 1 rings (SSSR count). The second-order valence-electron chi connectivity index (χ2n) is 6.09. The van der Waals surface area contributed by atoms with Crippen LogP contribution < -0.4 is 5.32 Å². The van der Waals surface area contributed by atoms with Gasteiger partial charge in [-0.25, -0.2) is 9.59 Å². The second-order valence-corrected chi connectivity index (χ2v) is 6.09. The predicted molar refractivity (Wildman–Crippen MR) is 87.3 cm³/mol. The number of nitrogens with one attached hydrogen (secondary N) is 1. The molecule has 0 bridgehead atoms. The second kappa shape index (κ2) is 9.89. The van der Waals surface area contributed by atoms with E-state index in [2.05, 4.69) is 5.32 Å². The zero-order valence-electron chi connectivity index (χ0n) is 14.3. The molecule has 0 unspecified atom stereocenters. The minimum absolute atomic E-state index is 0.0556. The SMILES string of the molecule is CC(C)(C)OC(=O)[C@H](COCCO)NC(=O)OCc1ccccc1. The average Bonchev–Trinajstić information content (AvgIpc) is 2.51. The van der Waals surface area contributed by atoms with E-state index in [0.717, 1.165) is 5.56 Å². The molecule has 24 heavy (non-hydrogen) atoms. The summed E-state index contributed by atoms with van der Waals surface area (Å²) in [5, 5.41) is 11.2. The number of aliphatic hydroxyl groups excluding tert-OH is 1. The van der Waals surface area contributed by atoms with Crippen LogP contribution in [0, 0.1) is 0 Å². The molecule has 0 saturated heterocycles. The molecule has 0 saturated carbocycles. The maximum absolute atomic E-state index is 12.1. The van der Waals surface area contributed by atoms with Crippen LogP contribution in [0.25, 0.3) is 0 Å². The molecular weight excluding hydrogens is 314 g/mol. The molecule has 0 radical (unpaired) electrons. The molecule has 2 N–H and O–H groups in total. The quantitative estimate of drug-likeness (QED) is 0.552. The maximum atomic E-state index is 12.1. The van der Waals surface area contributed by atoms with E-state index in [9.17, 15) is 9.59 Å². The molecule has 1 aromatic rings. The number of amides is 1. The van der Waals surface area contributed by atoms with Crippen LogP contribution in [0.2, 0.25) is 0 Å². The Morgan fingerprint density at radius 3 is 2.46 bits per heavy atom. The first-order valence-corrected chi connectivity index (χ1v) is 7.70. The van der Waals surface area contributed by atoms with Gasteiger partial charge < -0.3 is 24.6 Å². The molecular formula is C17H25NO6. The van der Waals surface area contributed by atoms with Gasteiger partial charge in [-0.05, 0) is 26.3 Å². The summed E-state index contributed by atoms with van der Waals surface area (Å²) in [6, 6.07) is 8.16. The van der Waals surface area contributed by atoms with Gasteiger partial charge in [-0.15, -0.1) is 0 Å². The lowest BCUT2D eigenvalue weighted by molar-refractivity contribution is -0.159. The largest absolute Gasteiger partial charge is 0.458 e. The number of hydrogen-bond acceptors (Lipinski definition) is 6. The summed E-state index contributed by atoms with van der Waals surface area (Å²) in [6.07, 6.45) is -0.748. The summed E-state index contributed by atoms with van der Waals surface area (Å²) in [4.78, 5) is 24.0. The number of carbonyl (C=O) groups excluding carboxylic acids is 2. The first-order valence-electron chi connectivity index (χ1n) is 7.70. The maximum Gasteiger partial charge on any atom is 0.408 e. The van der Waals surface area contributed by atoms with Crippen molar-refractivity contribution in [2.75, 3.05) is 19.8 Å². The lowest BCUT2D eigenvalue weighted by Crippen LogP contribution is -2.47. The first kappa shape index (κ1) is 19.9. The number of esters is 1. The van der Waals surface area contributed by atoms with E-state index in [1.54, 1.807) is 20.8 Å². The lowest BCUT2D eigenvalue weighted by Gasteiger charge is -2.24. The van der Waals surface area contributed by atoms with Gasteiger partial charge in [0.05, 0.1) is 19.8 Å². The fourth-order valence-corrected chi connectivity index (χ4v) is 1.71. The molecule has 0 aliphatic heterocycles. The molecule has 7 heteroatoms. The van der Waals surface area contributed by atoms with E-state index < -0.39 is 23.7 Å². The van der Waals surface area contributed by atoms with E-state index in [1.807, 2.05) is 30.3 Å². The minimum atomic E-state index is -1.01. The Kier molecular flexibility index (Phi) is 8.21. The normalized spacial score (nSPS) is 12.3. The summed E-state index contributed by atoms with van der Waals surface area (Å²) in [7, 11) is 0. The van der Waals surface area contributed by atoms with Crippen molar-refractivity contribution in [1.29, 1.82) is 0 Å². The van der Waals surface area contributed by atoms with Gasteiger partial charge >= 0.3 is 12.1 Å². The van der Waals surface area contributed by atoms with Crippen molar-refractivity contribution in [3.05, 3.63) is 35.9 Å². The molecule has 1 aromatic carbocycles. The first-order chi connectivity index (χ1) is 11.3. The molecule has 0 aliphatic carbocycles. The third-order valence-corrected chi connectivity index (χ3v) is 2.72. The minimum Gasteiger partial charge on any atom is -0.458 e. The Morgan fingerprint density at radius 1 is 1.21 bits per heavy atom. The highest BCUT2D eigenvalue weighted by molar-refractivity contribution is 5.81. The predicted octanol–water partition coefficient (Wildman–Crippen LogP) is 1.63. The zero-order chi connectivity index (χ0) is 18.0. The highest BCUT2D eigenvalue weighted by atomic mass is 16.6. The van der Waals surface area contributed by atoms with Crippen LogP contribution in [0.4, 0.5) is 4.79 Å². The van der Waals surface area contributed by atoms with Crippen LogP contribution in [-0.4, -0.2) is 48.6 Å². The molecule has 7 nitrogen and oxygen atoms in total. The van der Waals surface area contributed by atoms with Crippen molar-refractivity contribution in [2.45, 2.75) is 39.0 Å². The molecule has 0 heterocycles. The molecule has 0 spiro atoms. The topological polar surface area (TPSA) is 94.1 Å². The van der Waals surface area contributed by atoms with E-state index in [1.165, 1.54) is 0 Å². The summed E-state index contributed by atoms with van der Waals surface area (Å²) in [5.74, 6) is -0.628. The molecule has 1 amide bonds. The van der Waals surface area contributed by atoms with Gasteiger partial charge in [-0.3, -0.25) is 0 Å². The fourth-order valence-electron chi connectivity index (χ4n) is 1.71. The zero-order valence-corrected chi connectivity index (χ0v) is 14.3. The number of alkyl carbamates (subject to hydrolysis) is 1. The number of carbonyl (C=O) groups is 2. The van der Waals surface area contributed by atoms with Crippen LogP contribution >= 0.6 is 0 Å². The summed E-state index contributed by atoms with van der Waals surface area (Å²) in [6.45, 7) is 5.03. The number of benzene rings is 1. The standard InChI is InChI=1S/C17H25NO6/c1-17(2,3)24-15(20)14(12-22-10-9-19)18-16(21)23-11-13-7-5-4-6-8-13/h4-8,14,19H,9-12H2,1-3H3,(H,18,21)/t14-/m0/s1. The third kappa shape index (κ3) is 8.50. The molecule has 134 valence electrons. The lowest BCUT2D eigenvalue weighted by atomic mass is 10.2. The molecule has 0 aliphatic rings. The van der Waals surface area contributed by atoms with Crippen LogP contribution in [0.15, 0.2) is 30.3 Å². The van der Waals surface area contributed by atoms with Crippen molar-refractivity contribution in [2.24, 2.45) is 0 Å². The Morgan fingerprint density at radius 2 is 1.88 bits per heavy atom. The number of aliphatic hydroxyl groups is 1. The van der Waals surface area contributed by atoms with Crippen molar-refractivity contribution < 1.29 is 28.9 Å². The van der Waals surface area contributed by atoms with E-state index in [0.29, 0.717) is 0 Å². The van der Waals surface area contributed by atoms with Crippen LogP contribution in [0.5, 0.6) is 0 Å². The van der Waals surface area contributed by atoms with Gasteiger partial charge in [0.25, 0.3) is 0 Å². The van der Waals surface area contributed by atoms with Crippen molar-refractivity contribution >= 4 is 12.1 Å². The Hall–Kier alpha value is -2.12.